The van der Waals surface area contributed by atoms with Crippen molar-refractivity contribution >= 4 is 29.5 Å². The number of nitrogens with one attached hydrogen (secondary N) is 2. The number of rotatable bonds is 7. The number of amides is 2. The molecule has 2 aliphatic heterocycles. The van der Waals surface area contributed by atoms with Crippen molar-refractivity contribution in [3.05, 3.63) is 40.6 Å². The molecule has 3 atom stereocenters. The highest BCUT2D eigenvalue weighted by Gasteiger charge is 2.40. The molecule has 2 amide bonds. The molecule has 1 aliphatic carbocycles. The number of piperazine rings is 1. The largest absolute Gasteiger partial charge is 0.483 e. The fraction of sp³-hybridized carbons (Fsp3) is 0.600. The molecule has 8 heteroatoms. The molecule has 0 bridgehead atoms. The molecule has 0 aromatic heterocycles. The Bertz CT molecular complexity index is 852. The Morgan fingerprint density at radius 1 is 1.18 bits per heavy atom. The van der Waals surface area contributed by atoms with Crippen LogP contribution in [0.25, 0.3) is 6.08 Å². The molecule has 0 spiro atoms. The lowest BCUT2D eigenvalue weighted by Crippen LogP contribution is -2.54. The van der Waals surface area contributed by atoms with E-state index in [-0.39, 0.29) is 29.9 Å². The van der Waals surface area contributed by atoms with Crippen LogP contribution in [0.5, 0.6) is 0 Å². The zero-order valence-corrected chi connectivity index (χ0v) is 20.2. The Kier molecular flexibility index (Phi) is 8.28. The summed E-state index contributed by atoms with van der Waals surface area (Å²) in [4.78, 5) is 30.2. The summed E-state index contributed by atoms with van der Waals surface area (Å²) in [6, 6.07) is 7.15. The molecule has 0 radical (unpaired) electrons. The van der Waals surface area contributed by atoms with Crippen LogP contribution in [0.4, 0.5) is 0 Å². The topological polar surface area (TPSA) is 73.9 Å². The minimum absolute atomic E-state index is 0.0787. The number of carbonyl (C=O) groups excluding carboxylic acids is 2. The second-order valence-electron chi connectivity index (χ2n) is 9.23. The summed E-state index contributed by atoms with van der Waals surface area (Å²) in [6.07, 6.45) is 4.76. The van der Waals surface area contributed by atoms with Crippen LogP contribution in [-0.4, -0.2) is 79.6 Å². The van der Waals surface area contributed by atoms with Gasteiger partial charge in [-0.05, 0) is 62.5 Å². The van der Waals surface area contributed by atoms with Crippen LogP contribution in [0.3, 0.4) is 0 Å². The van der Waals surface area contributed by atoms with Crippen LogP contribution >= 0.6 is 11.6 Å². The van der Waals surface area contributed by atoms with E-state index >= 15 is 0 Å². The van der Waals surface area contributed by atoms with E-state index in [4.69, 9.17) is 16.3 Å². The lowest BCUT2D eigenvalue weighted by molar-refractivity contribution is -0.134. The summed E-state index contributed by atoms with van der Waals surface area (Å²) in [7, 11) is 0. The van der Waals surface area contributed by atoms with Gasteiger partial charge in [0.05, 0.1) is 6.04 Å². The zero-order chi connectivity index (χ0) is 23.2. The van der Waals surface area contributed by atoms with E-state index in [0.717, 1.165) is 64.1 Å². The zero-order valence-electron chi connectivity index (χ0n) is 19.4. The van der Waals surface area contributed by atoms with Gasteiger partial charge in [-0.3, -0.25) is 9.59 Å². The number of morpholine rings is 1. The first kappa shape index (κ1) is 24.0. The summed E-state index contributed by atoms with van der Waals surface area (Å²) >= 11 is 5.93. The minimum atomic E-state index is -0.226. The maximum atomic E-state index is 12.7. The van der Waals surface area contributed by atoms with Gasteiger partial charge < -0.3 is 25.2 Å². The molecule has 4 rings (SSSR count). The quantitative estimate of drug-likeness (QED) is 0.469. The Hall–Kier alpha value is -2.09. The number of benzene rings is 1. The molecule has 1 saturated carbocycles. The minimum Gasteiger partial charge on any atom is -0.483 e. The predicted octanol–water partition coefficient (Wildman–Crippen LogP) is 2.51. The fourth-order valence-electron chi connectivity index (χ4n) is 4.93. The van der Waals surface area contributed by atoms with Crippen LogP contribution in [-0.2, 0) is 14.3 Å². The van der Waals surface area contributed by atoms with Gasteiger partial charge in [-0.25, -0.2) is 0 Å². The number of halogens is 1. The van der Waals surface area contributed by atoms with Crippen molar-refractivity contribution in [2.45, 2.75) is 44.8 Å². The maximum Gasteiger partial charge on any atom is 0.286 e. The van der Waals surface area contributed by atoms with Gasteiger partial charge in [0.2, 0.25) is 5.91 Å². The Labute approximate surface area is 201 Å². The van der Waals surface area contributed by atoms with Gasteiger partial charge in [0.1, 0.15) is 6.10 Å². The second kappa shape index (κ2) is 11.4. The number of hydrogen-bond acceptors (Lipinski definition) is 5. The van der Waals surface area contributed by atoms with E-state index in [1.54, 1.807) is 18.2 Å². The van der Waals surface area contributed by atoms with Gasteiger partial charge in [-0.1, -0.05) is 30.7 Å². The number of hydrogen-bond donors (Lipinski definition) is 2. The molecule has 1 aromatic rings. The molecular formula is C25H35ClN4O3. The fourth-order valence-corrected chi connectivity index (χ4v) is 5.05. The van der Waals surface area contributed by atoms with E-state index in [0.29, 0.717) is 23.7 Å². The average molecular weight is 475 g/mol. The average Bonchev–Trinajstić information content (AvgIpc) is 2.83. The van der Waals surface area contributed by atoms with Crippen molar-refractivity contribution in [2.24, 2.45) is 5.92 Å². The van der Waals surface area contributed by atoms with Gasteiger partial charge >= 0.3 is 0 Å². The molecule has 3 fully saturated rings. The highest BCUT2D eigenvalue weighted by Crippen LogP contribution is 2.31. The lowest BCUT2D eigenvalue weighted by Gasteiger charge is -2.39. The molecule has 33 heavy (non-hydrogen) atoms. The number of nitrogens with zero attached hydrogens (tertiary/aromatic N) is 2. The third-order valence-electron chi connectivity index (χ3n) is 7.01. The summed E-state index contributed by atoms with van der Waals surface area (Å²) in [6.45, 7) is 9.56. The van der Waals surface area contributed by atoms with Gasteiger partial charge in [-0.2, -0.15) is 0 Å². The lowest BCUT2D eigenvalue weighted by atomic mass is 9.82. The van der Waals surface area contributed by atoms with Gasteiger partial charge in [0.15, 0.2) is 5.76 Å². The van der Waals surface area contributed by atoms with E-state index in [2.05, 4.69) is 27.4 Å². The van der Waals surface area contributed by atoms with Crippen molar-refractivity contribution in [3.8, 4) is 0 Å². The summed E-state index contributed by atoms with van der Waals surface area (Å²) in [5.41, 5.74) is 0.864. The van der Waals surface area contributed by atoms with Crippen molar-refractivity contribution < 1.29 is 14.3 Å². The molecule has 180 valence electrons. The van der Waals surface area contributed by atoms with Gasteiger partial charge in [0.25, 0.3) is 5.91 Å². The van der Waals surface area contributed by atoms with Crippen LogP contribution in [0.2, 0.25) is 5.02 Å². The molecule has 1 aromatic carbocycles. The third kappa shape index (κ3) is 6.49. The van der Waals surface area contributed by atoms with Crippen molar-refractivity contribution in [3.63, 3.8) is 0 Å². The first-order valence-electron chi connectivity index (χ1n) is 12.2. The van der Waals surface area contributed by atoms with E-state index < -0.39 is 0 Å². The molecule has 2 heterocycles. The Morgan fingerprint density at radius 3 is 2.64 bits per heavy atom. The molecular weight excluding hydrogens is 440 g/mol. The van der Waals surface area contributed by atoms with Crippen LogP contribution < -0.4 is 10.6 Å². The summed E-state index contributed by atoms with van der Waals surface area (Å²) in [5.74, 6) is 0.114. The monoisotopic (exact) mass is 474 g/mol. The highest BCUT2D eigenvalue weighted by atomic mass is 35.5. The van der Waals surface area contributed by atoms with E-state index in [9.17, 15) is 9.59 Å². The van der Waals surface area contributed by atoms with Crippen molar-refractivity contribution in [1.82, 2.24) is 20.4 Å². The van der Waals surface area contributed by atoms with Crippen molar-refractivity contribution in [1.29, 1.82) is 0 Å². The molecule has 3 unspecified atom stereocenters. The van der Waals surface area contributed by atoms with E-state index in [1.807, 2.05) is 12.1 Å². The number of carbonyl (C=O) groups is 2. The van der Waals surface area contributed by atoms with Crippen LogP contribution in [0, 0.1) is 5.92 Å². The van der Waals surface area contributed by atoms with Gasteiger partial charge in [-0.15, -0.1) is 0 Å². The Balaban J connectivity index is 1.19. The number of fused-ring (bicyclic) bond motifs is 1. The standard InChI is InChI=1S/C25H35ClN4O3/c1-2-29-12-14-30(15-13-29)11-3-10-27-24(31)19-6-9-22-21(17-19)28-25(32)23(33-22)16-18-4-7-20(26)8-5-18/h4-5,7-8,16,19,21-22H,2-3,6,9-15,17H2,1H3,(H,27,31)(H,28,32)/b23-16+. The van der Waals surface area contributed by atoms with Crippen molar-refractivity contribution in [2.75, 3.05) is 45.8 Å². The second-order valence-corrected chi connectivity index (χ2v) is 9.66. The van der Waals surface area contributed by atoms with Crippen LogP contribution in [0.15, 0.2) is 30.0 Å². The summed E-state index contributed by atoms with van der Waals surface area (Å²) in [5, 5.41) is 6.82. The molecule has 2 N–H and O–H groups in total. The first-order valence-corrected chi connectivity index (χ1v) is 12.6. The third-order valence-corrected chi connectivity index (χ3v) is 7.26. The number of likely N-dealkylation sites (N-methyl/N-ethyl adjacent to an activating group) is 1. The Morgan fingerprint density at radius 2 is 1.91 bits per heavy atom. The molecule has 2 saturated heterocycles. The normalized spacial score (nSPS) is 27.5. The first-order chi connectivity index (χ1) is 16.0. The van der Waals surface area contributed by atoms with Crippen LogP contribution in [0.1, 0.15) is 38.2 Å². The van der Waals surface area contributed by atoms with E-state index in [1.165, 1.54) is 0 Å². The number of ether oxygens (including phenoxy) is 1. The van der Waals surface area contributed by atoms with Gasteiger partial charge in [0, 0.05) is 43.7 Å². The summed E-state index contributed by atoms with van der Waals surface area (Å²) < 4.78 is 6.02. The smallest absolute Gasteiger partial charge is 0.286 e. The maximum absolute atomic E-state index is 12.7. The SMILES string of the molecule is CCN1CCN(CCCNC(=O)C2CCC3O/C(=C/c4ccc(Cl)cc4)C(=O)NC3C2)CC1. The molecule has 7 nitrogen and oxygen atoms in total. The molecule has 3 aliphatic rings. The highest BCUT2D eigenvalue weighted by molar-refractivity contribution is 6.30. The predicted molar refractivity (Wildman–Crippen MR) is 130 cm³/mol.